The van der Waals surface area contributed by atoms with E-state index in [1.165, 1.54) is 19.4 Å². The molecule has 0 spiro atoms. The van der Waals surface area contributed by atoms with Gasteiger partial charge >= 0.3 is 0 Å². The van der Waals surface area contributed by atoms with Crippen molar-refractivity contribution < 1.29 is 9.47 Å². The number of ether oxygens (including phenoxy) is 2. The number of anilines is 1. The summed E-state index contributed by atoms with van der Waals surface area (Å²) in [6.07, 6.45) is 3.83. The van der Waals surface area contributed by atoms with Crippen molar-refractivity contribution in [1.29, 1.82) is 0 Å². The molecule has 0 aliphatic carbocycles. The molecule has 1 aliphatic rings. The van der Waals surface area contributed by atoms with Gasteiger partial charge in [0.15, 0.2) is 0 Å². The molecule has 1 aromatic rings. The van der Waals surface area contributed by atoms with Gasteiger partial charge in [-0.25, -0.2) is 0 Å². The Morgan fingerprint density at radius 1 is 1.37 bits per heavy atom. The van der Waals surface area contributed by atoms with Crippen LogP contribution < -0.4 is 10.5 Å². The number of methoxy groups -OCH3 is 1. The van der Waals surface area contributed by atoms with E-state index in [0.29, 0.717) is 18.4 Å². The molecule has 1 aliphatic heterocycles. The van der Waals surface area contributed by atoms with Crippen molar-refractivity contribution in [2.24, 2.45) is 0 Å². The molecule has 0 saturated carbocycles. The van der Waals surface area contributed by atoms with Gasteiger partial charge in [-0.05, 0) is 37.9 Å². The van der Waals surface area contributed by atoms with Gasteiger partial charge in [0.1, 0.15) is 5.75 Å². The van der Waals surface area contributed by atoms with Crippen LogP contribution in [0.2, 0.25) is 0 Å². The van der Waals surface area contributed by atoms with Crippen molar-refractivity contribution in [1.82, 2.24) is 4.90 Å². The molecule has 4 nitrogen and oxygen atoms in total. The maximum Gasteiger partial charge on any atom is 0.142 e. The molecule has 4 heteroatoms. The number of rotatable bonds is 6. The van der Waals surface area contributed by atoms with Crippen LogP contribution in [-0.4, -0.2) is 44.4 Å². The molecule has 2 N–H and O–H groups in total. The molecule has 0 radical (unpaired) electrons. The summed E-state index contributed by atoms with van der Waals surface area (Å²) >= 11 is 0. The lowest BCUT2D eigenvalue weighted by Crippen LogP contribution is -2.40. The molecule has 2 rings (SSSR count). The maximum atomic E-state index is 5.83. The number of piperidine rings is 1. The standard InChI is InChI=1S/C15H24N2O2/c1-18-13-6-4-9-17(12-13)10-5-11-19-15-8-3-2-7-14(15)16/h2-3,7-8,13H,4-6,9-12,16H2,1H3. The van der Waals surface area contributed by atoms with Crippen molar-refractivity contribution in [3.8, 4) is 5.75 Å². The van der Waals surface area contributed by atoms with Crippen LogP contribution in [0.4, 0.5) is 5.69 Å². The van der Waals surface area contributed by atoms with Crippen molar-refractivity contribution in [2.75, 3.05) is 39.1 Å². The van der Waals surface area contributed by atoms with E-state index in [9.17, 15) is 0 Å². The van der Waals surface area contributed by atoms with Gasteiger partial charge in [-0.3, -0.25) is 0 Å². The molecule has 1 atom stereocenters. The summed E-state index contributed by atoms with van der Waals surface area (Å²) in [4.78, 5) is 2.45. The fourth-order valence-electron chi connectivity index (χ4n) is 2.49. The smallest absolute Gasteiger partial charge is 0.142 e. The topological polar surface area (TPSA) is 47.7 Å². The lowest BCUT2D eigenvalue weighted by Gasteiger charge is -2.31. The summed E-state index contributed by atoms with van der Waals surface area (Å²) in [5.74, 6) is 0.788. The van der Waals surface area contributed by atoms with Gasteiger partial charge in [0.25, 0.3) is 0 Å². The highest BCUT2D eigenvalue weighted by Crippen LogP contribution is 2.20. The maximum absolute atomic E-state index is 5.83. The normalized spacial score (nSPS) is 20.4. The summed E-state index contributed by atoms with van der Waals surface area (Å²) in [5, 5.41) is 0. The van der Waals surface area contributed by atoms with Crippen molar-refractivity contribution in [3.05, 3.63) is 24.3 Å². The molecule has 1 unspecified atom stereocenters. The van der Waals surface area contributed by atoms with Crippen molar-refractivity contribution in [2.45, 2.75) is 25.4 Å². The number of para-hydroxylation sites is 2. The van der Waals surface area contributed by atoms with E-state index >= 15 is 0 Å². The summed E-state index contributed by atoms with van der Waals surface area (Å²) < 4.78 is 11.1. The Kier molecular flexibility index (Phi) is 5.48. The van der Waals surface area contributed by atoms with Gasteiger partial charge in [0.2, 0.25) is 0 Å². The van der Waals surface area contributed by atoms with Gasteiger partial charge in [0, 0.05) is 20.2 Å². The number of likely N-dealkylation sites (tertiary alicyclic amines) is 1. The number of hydrogen-bond acceptors (Lipinski definition) is 4. The second-order valence-electron chi connectivity index (χ2n) is 5.04. The Labute approximate surface area is 115 Å². The largest absolute Gasteiger partial charge is 0.491 e. The van der Waals surface area contributed by atoms with Gasteiger partial charge in [-0.15, -0.1) is 0 Å². The summed E-state index contributed by atoms with van der Waals surface area (Å²) in [5.41, 5.74) is 6.54. The zero-order chi connectivity index (χ0) is 13.5. The van der Waals surface area contributed by atoms with Crippen LogP contribution in [-0.2, 0) is 4.74 Å². The molecular formula is C15H24N2O2. The fraction of sp³-hybridized carbons (Fsp3) is 0.600. The first-order valence-corrected chi connectivity index (χ1v) is 7.02. The molecule has 1 heterocycles. The number of nitrogens with zero attached hydrogens (tertiary/aromatic N) is 1. The Hall–Kier alpha value is -1.26. The first-order valence-electron chi connectivity index (χ1n) is 7.02. The van der Waals surface area contributed by atoms with Crippen LogP contribution in [0.25, 0.3) is 0 Å². The van der Waals surface area contributed by atoms with E-state index in [-0.39, 0.29) is 0 Å². The van der Waals surface area contributed by atoms with E-state index in [1.807, 2.05) is 24.3 Å². The number of nitrogens with two attached hydrogens (primary N) is 1. The molecule has 0 bridgehead atoms. The third kappa shape index (κ3) is 4.40. The highest BCUT2D eigenvalue weighted by Gasteiger charge is 2.18. The quantitative estimate of drug-likeness (QED) is 0.632. The Morgan fingerprint density at radius 2 is 2.21 bits per heavy atom. The zero-order valence-corrected chi connectivity index (χ0v) is 11.7. The number of hydrogen-bond donors (Lipinski definition) is 1. The first-order chi connectivity index (χ1) is 9.29. The summed E-state index contributed by atoms with van der Waals surface area (Å²) in [7, 11) is 1.80. The Bertz CT molecular complexity index is 384. The Morgan fingerprint density at radius 3 is 3.00 bits per heavy atom. The molecule has 1 aromatic carbocycles. The molecule has 0 aromatic heterocycles. The molecule has 1 saturated heterocycles. The van der Waals surface area contributed by atoms with E-state index in [4.69, 9.17) is 15.2 Å². The lowest BCUT2D eigenvalue weighted by atomic mass is 10.1. The lowest BCUT2D eigenvalue weighted by molar-refractivity contribution is 0.0299. The van der Waals surface area contributed by atoms with E-state index in [0.717, 1.165) is 25.3 Å². The number of nitrogen functional groups attached to an aromatic ring is 1. The van der Waals surface area contributed by atoms with Crippen molar-refractivity contribution in [3.63, 3.8) is 0 Å². The minimum absolute atomic E-state index is 0.402. The number of benzene rings is 1. The average molecular weight is 264 g/mol. The third-order valence-electron chi connectivity index (χ3n) is 3.59. The van der Waals surface area contributed by atoms with Gasteiger partial charge in [-0.2, -0.15) is 0 Å². The van der Waals surface area contributed by atoms with Crippen LogP contribution >= 0.6 is 0 Å². The molecule has 19 heavy (non-hydrogen) atoms. The minimum atomic E-state index is 0.402. The van der Waals surface area contributed by atoms with Crippen LogP contribution in [0.1, 0.15) is 19.3 Å². The summed E-state index contributed by atoms with van der Waals surface area (Å²) in [6, 6.07) is 7.64. The SMILES string of the molecule is COC1CCCN(CCCOc2ccccc2N)C1. The second-order valence-corrected chi connectivity index (χ2v) is 5.04. The molecule has 0 amide bonds. The monoisotopic (exact) mass is 264 g/mol. The first kappa shape index (κ1) is 14.2. The highest BCUT2D eigenvalue weighted by atomic mass is 16.5. The van der Waals surface area contributed by atoms with Crippen LogP contribution in [0, 0.1) is 0 Å². The molecule has 106 valence electrons. The van der Waals surface area contributed by atoms with Crippen LogP contribution in [0.5, 0.6) is 5.75 Å². The van der Waals surface area contributed by atoms with Gasteiger partial charge in [-0.1, -0.05) is 12.1 Å². The third-order valence-corrected chi connectivity index (χ3v) is 3.59. The highest BCUT2D eigenvalue weighted by molar-refractivity contribution is 5.51. The molecule has 1 fully saturated rings. The average Bonchev–Trinajstić information content (AvgIpc) is 2.45. The molecular weight excluding hydrogens is 240 g/mol. The predicted octanol–water partition coefficient (Wildman–Crippen LogP) is 2.15. The van der Waals surface area contributed by atoms with E-state index in [2.05, 4.69) is 4.90 Å². The van der Waals surface area contributed by atoms with Gasteiger partial charge in [0.05, 0.1) is 18.4 Å². The second kappa shape index (κ2) is 7.36. The van der Waals surface area contributed by atoms with E-state index in [1.54, 1.807) is 7.11 Å². The van der Waals surface area contributed by atoms with E-state index < -0.39 is 0 Å². The van der Waals surface area contributed by atoms with Gasteiger partial charge < -0.3 is 20.1 Å². The zero-order valence-electron chi connectivity index (χ0n) is 11.7. The Balaban J connectivity index is 1.65. The summed E-state index contributed by atoms with van der Waals surface area (Å²) in [6.45, 7) is 3.99. The van der Waals surface area contributed by atoms with Crippen molar-refractivity contribution >= 4 is 5.69 Å². The minimum Gasteiger partial charge on any atom is -0.491 e. The van der Waals surface area contributed by atoms with Crippen LogP contribution in [0.15, 0.2) is 24.3 Å². The van der Waals surface area contributed by atoms with Crippen LogP contribution in [0.3, 0.4) is 0 Å². The predicted molar refractivity (Wildman–Crippen MR) is 77.4 cm³/mol. The fourth-order valence-corrected chi connectivity index (χ4v) is 2.49.